The van der Waals surface area contributed by atoms with E-state index in [0.717, 1.165) is 6.20 Å². The number of hydrogen-bond acceptors (Lipinski definition) is 9. The lowest BCUT2D eigenvalue weighted by Gasteiger charge is -2.13. The van der Waals surface area contributed by atoms with Crippen molar-refractivity contribution >= 4 is 46.6 Å². The number of nitrogens with zero attached hydrogens (tertiary/aromatic N) is 3. The van der Waals surface area contributed by atoms with Crippen molar-refractivity contribution in [3.63, 3.8) is 0 Å². The summed E-state index contributed by atoms with van der Waals surface area (Å²) in [6, 6.07) is 4.09. The number of amides is 2. The highest BCUT2D eigenvalue weighted by Crippen LogP contribution is 2.12. The summed E-state index contributed by atoms with van der Waals surface area (Å²) >= 11 is 0. The van der Waals surface area contributed by atoms with Crippen molar-refractivity contribution in [2.75, 3.05) is 11.1 Å². The molecule has 0 radical (unpaired) electrons. The third kappa shape index (κ3) is 5.63. The van der Waals surface area contributed by atoms with Crippen LogP contribution in [0.2, 0.25) is 0 Å². The Balaban J connectivity index is 1.68. The zero-order valence-corrected chi connectivity index (χ0v) is 16.7. The van der Waals surface area contributed by atoms with E-state index >= 15 is 0 Å². The largest absolute Gasteiger partial charge is 0.481 e. The number of carbonyl (C=O) groups excluding carboxylic acids is 2. The van der Waals surface area contributed by atoms with Gasteiger partial charge in [-0.05, 0) is 30.7 Å². The number of nitrogens with one attached hydrogen (secondary N) is 3. The zero-order valence-electron chi connectivity index (χ0n) is 16.7. The first-order valence-electron chi connectivity index (χ1n) is 9.33. The van der Waals surface area contributed by atoms with Gasteiger partial charge in [0.2, 0.25) is 5.95 Å². The average molecular weight is 455 g/mol. The molecule has 0 spiro atoms. The molecule has 3 rings (SSSR count). The van der Waals surface area contributed by atoms with Crippen LogP contribution in [0.1, 0.15) is 33.7 Å². The summed E-state index contributed by atoms with van der Waals surface area (Å²) in [6.45, 7) is 0. The number of nitrogen functional groups attached to an aromatic ring is 1. The van der Waals surface area contributed by atoms with Gasteiger partial charge < -0.3 is 26.6 Å². The quantitative estimate of drug-likeness (QED) is 0.256. The van der Waals surface area contributed by atoms with E-state index in [4.69, 9.17) is 15.9 Å². The Bertz CT molecular complexity index is 1300. The Labute approximate surface area is 183 Å². The van der Waals surface area contributed by atoms with Crippen molar-refractivity contribution in [2.45, 2.75) is 18.9 Å². The smallest absolute Gasteiger partial charge is 0.326 e. The second kappa shape index (κ2) is 9.51. The van der Waals surface area contributed by atoms with E-state index in [1.54, 1.807) is 0 Å². The monoisotopic (exact) mass is 455 g/mol. The maximum absolute atomic E-state index is 12.4. The highest BCUT2D eigenvalue weighted by atomic mass is 16.4. The summed E-state index contributed by atoms with van der Waals surface area (Å²) < 4.78 is 0. The van der Waals surface area contributed by atoms with E-state index in [0.29, 0.717) is 0 Å². The Morgan fingerprint density at radius 3 is 2.39 bits per heavy atom. The predicted octanol–water partition coefficient (Wildman–Crippen LogP) is -0.405. The van der Waals surface area contributed by atoms with Crippen LogP contribution in [-0.2, 0) is 9.59 Å². The van der Waals surface area contributed by atoms with Crippen LogP contribution < -0.4 is 21.9 Å². The summed E-state index contributed by atoms with van der Waals surface area (Å²) in [7, 11) is 0. The number of rotatable bonds is 8. The van der Waals surface area contributed by atoms with Gasteiger partial charge in [-0.2, -0.15) is 4.98 Å². The van der Waals surface area contributed by atoms with Gasteiger partial charge in [-0.15, -0.1) is 0 Å². The molecule has 0 aliphatic heterocycles. The number of aliphatic carboxylic acids is 2. The molecular formula is C19H17N7O7. The fourth-order valence-corrected chi connectivity index (χ4v) is 2.71. The van der Waals surface area contributed by atoms with Crippen molar-refractivity contribution in [1.82, 2.24) is 25.3 Å². The number of nitrogens with two attached hydrogens (primary N) is 1. The van der Waals surface area contributed by atoms with Crippen molar-refractivity contribution in [2.24, 2.45) is 0 Å². The molecule has 14 heteroatoms. The second-order valence-corrected chi connectivity index (χ2v) is 6.71. The van der Waals surface area contributed by atoms with Gasteiger partial charge in [0.1, 0.15) is 11.7 Å². The van der Waals surface area contributed by atoms with E-state index in [1.165, 1.54) is 24.3 Å². The molecule has 1 unspecified atom stereocenters. The van der Waals surface area contributed by atoms with E-state index in [9.17, 15) is 24.0 Å². The van der Waals surface area contributed by atoms with Gasteiger partial charge in [0.05, 0.1) is 6.20 Å². The van der Waals surface area contributed by atoms with Gasteiger partial charge in [0, 0.05) is 17.7 Å². The topological polar surface area (TPSA) is 230 Å². The summed E-state index contributed by atoms with van der Waals surface area (Å²) in [5.41, 5.74) is 4.80. The third-order valence-corrected chi connectivity index (χ3v) is 4.32. The summed E-state index contributed by atoms with van der Waals surface area (Å²) in [4.78, 5) is 72.4. The molecule has 0 aliphatic carbocycles. The fourth-order valence-electron chi connectivity index (χ4n) is 2.71. The van der Waals surface area contributed by atoms with Gasteiger partial charge >= 0.3 is 11.9 Å². The van der Waals surface area contributed by atoms with Crippen LogP contribution in [0.15, 0.2) is 35.3 Å². The minimum Gasteiger partial charge on any atom is -0.481 e. The lowest BCUT2D eigenvalue weighted by atomic mass is 10.1. The highest BCUT2D eigenvalue weighted by Gasteiger charge is 2.21. The van der Waals surface area contributed by atoms with Crippen molar-refractivity contribution in [3.8, 4) is 0 Å². The maximum Gasteiger partial charge on any atom is 0.326 e. The van der Waals surface area contributed by atoms with Gasteiger partial charge in [-0.3, -0.25) is 24.2 Å². The van der Waals surface area contributed by atoms with E-state index < -0.39 is 41.8 Å². The number of fused-ring (bicyclic) bond motifs is 1. The molecule has 2 aromatic heterocycles. The molecule has 2 heterocycles. The fraction of sp³-hybridized carbons (Fsp3) is 0.158. The molecule has 0 saturated carbocycles. The number of hydrogen-bond donors (Lipinski definition) is 6. The molecule has 0 saturated heterocycles. The second-order valence-electron chi connectivity index (χ2n) is 6.71. The first-order valence-corrected chi connectivity index (χ1v) is 9.33. The van der Waals surface area contributed by atoms with Crippen LogP contribution in [0.25, 0.3) is 11.2 Å². The molecule has 0 fully saturated rings. The SMILES string of the molecule is Nc1nc2ncc(C(=O)Nc3ccc(C(=O)NC(CCC(=O)O)C(=O)O)cc3)nc2c(=O)[nH]1. The normalized spacial score (nSPS) is 11.5. The molecule has 3 aromatic rings. The highest BCUT2D eigenvalue weighted by molar-refractivity contribution is 6.04. The number of benzene rings is 1. The van der Waals surface area contributed by atoms with Crippen LogP contribution >= 0.6 is 0 Å². The van der Waals surface area contributed by atoms with Gasteiger partial charge in [0.15, 0.2) is 11.2 Å². The maximum atomic E-state index is 12.4. The lowest BCUT2D eigenvalue weighted by Crippen LogP contribution is -2.41. The van der Waals surface area contributed by atoms with Gasteiger partial charge in [0.25, 0.3) is 17.4 Å². The van der Waals surface area contributed by atoms with Gasteiger partial charge in [-0.25, -0.2) is 14.8 Å². The van der Waals surface area contributed by atoms with Crippen molar-refractivity contribution in [1.29, 1.82) is 0 Å². The molecule has 0 aliphatic rings. The minimum absolute atomic E-state index is 0.0221. The molecule has 33 heavy (non-hydrogen) atoms. The zero-order chi connectivity index (χ0) is 24.1. The molecule has 7 N–H and O–H groups in total. The minimum atomic E-state index is -1.37. The number of carbonyl (C=O) groups is 4. The first-order chi connectivity index (χ1) is 15.6. The Morgan fingerprint density at radius 1 is 1.06 bits per heavy atom. The molecule has 1 aromatic carbocycles. The van der Waals surface area contributed by atoms with Crippen molar-refractivity contribution < 1.29 is 29.4 Å². The van der Waals surface area contributed by atoms with Crippen LogP contribution in [0, 0.1) is 0 Å². The Kier molecular flexibility index (Phi) is 6.57. The Hall–Kier alpha value is -4.88. The molecule has 1 atom stereocenters. The van der Waals surface area contributed by atoms with Crippen LogP contribution in [0.5, 0.6) is 0 Å². The number of H-pyrrole nitrogens is 1. The average Bonchev–Trinajstić information content (AvgIpc) is 2.76. The van der Waals surface area contributed by atoms with Crippen LogP contribution in [0.4, 0.5) is 11.6 Å². The number of carboxylic acids is 2. The number of anilines is 2. The standard InChI is InChI=1S/C19H17N7O7/c20-19-25-14-13(17(31)26-19)23-11(7-21-14)16(30)22-9-3-1-8(2-4-9)15(29)24-10(18(32)33)5-6-12(27)28/h1-4,7,10H,5-6H2,(H,22,30)(H,24,29)(H,27,28)(H,32,33)(H3,20,21,25,26,31). The van der Waals surface area contributed by atoms with Crippen LogP contribution in [0.3, 0.4) is 0 Å². The number of aromatic amines is 1. The number of aromatic nitrogens is 4. The predicted molar refractivity (Wildman–Crippen MR) is 113 cm³/mol. The first kappa shape index (κ1) is 22.8. The van der Waals surface area contributed by atoms with E-state index in [2.05, 4.69) is 30.6 Å². The summed E-state index contributed by atoms with van der Waals surface area (Å²) in [5.74, 6) is -4.09. The molecule has 0 bridgehead atoms. The molecule has 14 nitrogen and oxygen atoms in total. The molecule has 170 valence electrons. The number of carboxylic acid groups (broad SMARTS) is 2. The van der Waals surface area contributed by atoms with E-state index in [-0.39, 0.29) is 40.5 Å². The lowest BCUT2D eigenvalue weighted by molar-refractivity contribution is -0.140. The summed E-state index contributed by atoms with van der Waals surface area (Å²) in [5, 5.41) is 22.6. The molecular weight excluding hydrogens is 438 g/mol. The Morgan fingerprint density at radius 2 is 1.76 bits per heavy atom. The van der Waals surface area contributed by atoms with Crippen molar-refractivity contribution in [3.05, 3.63) is 52.1 Å². The van der Waals surface area contributed by atoms with E-state index in [1.807, 2.05) is 0 Å². The van der Waals surface area contributed by atoms with Crippen LogP contribution in [-0.4, -0.2) is 59.9 Å². The molecule has 2 amide bonds. The third-order valence-electron chi connectivity index (χ3n) is 4.32. The van der Waals surface area contributed by atoms with Gasteiger partial charge in [-0.1, -0.05) is 0 Å². The summed E-state index contributed by atoms with van der Waals surface area (Å²) in [6.07, 6.45) is 0.423.